The Morgan fingerprint density at radius 2 is 1.86 bits per heavy atom. The number of fused-ring (bicyclic) bond motifs is 1. The van der Waals surface area contributed by atoms with Gasteiger partial charge in [0.2, 0.25) is 0 Å². The smallest absolute Gasteiger partial charge is 0.265 e. The lowest BCUT2D eigenvalue weighted by molar-refractivity contribution is -0.137. The van der Waals surface area contributed by atoms with Crippen LogP contribution in [0.15, 0.2) is 47.2 Å². The molecule has 3 aromatic rings. The van der Waals surface area contributed by atoms with Crippen molar-refractivity contribution in [3.63, 3.8) is 0 Å². The van der Waals surface area contributed by atoms with E-state index in [9.17, 15) is 13.2 Å². The number of hydrogen-bond donors (Lipinski definition) is 0. The Morgan fingerprint density at radius 3 is 2.45 bits per heavy atom. The summed E-state index contributed by atoms with van der Waals surface area (Å²) < 4.78 is 40.7. The molecule has 8 heteroatoms. The van der Waals surface area contributed by atoms with Crippen LogP contribution in [0, 0.1) is 0 Å². The normalized spacial score (nSPS) is 12.0. The van der Waals surface area contributed by atoms with Crippen LogP contribution in [-0.2, 0) is 6.18 Å². The van der Waals surface area contributed by atoms with Crippen molar-refractivity contribution in [1.82, 2.24) is 8.96 Å². The molecule has 0 bridgehead atoms. The van der Waals surface area contributed by atoms with Crippen molar-refractivity contribution >= 4 is 57.3 Å². The van der Waals surface area contributed by atoms with E-state index in [4.69, 9.17) is 0 Å². The quantitative estimate of drug-likeness (QED) is 0.384. The van der Waals surface area contributed by atoms with Crippen molar-refractivity contribution in [2.75, 3.05) is 0 Å². The summed E-state index contributed by atoms with van der Waals surface area (Å²) in [4.78, 5) is 4.36. The van der Waals surface area contributed by atoms with Crippen molar-refractivity contribution in [2.45, 2.75) is 6.18 Å². The zero-order valence-corrected chi connectivity index (χ0v) is 15.3. The summed E-state index contributed by atoms with van der Waals surface area (Å²) in [5.74, 6) is 0. The molecule has 1 aromatic carbocycles. The fourth-order valence-corrected chi connectivity index (χ4v) is 3.76. The molecule has 22 heavy (non-hydrogen) atoms. The largest absolute Gasteiger partial charge is 0.416 e. The molecule has 114 valence electrons. The van der Waals surface area contributed by atoms with E-state index in [2.05, 4.69) is 42.1 Å². The highest BCUT2D eigenvalue weighted by atomic mass is 127. The van der Waals surface area contributed by atoms with Crippen LogP contribution in [0.1, 0.15) is 5.56 Å². The molecule has 0 radical (unpaired) electrons. The van der Waals surface area contributed by atoms with Gasteiger partial charge in [0.25, 0.3) is 0 Å². The highest BCUT2D eigenvalue weighted by Crippen LogP contribution is 2.36. The van der Waals surface area contributed by atoms with E-state index in [1.165, 1.54) is 21.3 Å². The van der Waals surface area contributed by atoms with E-state index >= 15 is 0 Å². The molecule has 0 spiro atoms. The summed E-state index contributed by atoms with van der Waals surface area (Å²) in [5, 5.41) is 0.887. The Labute approximate surface area is 149 Å². The number of aromatic nitrogens is 2. The highest BCUT2D eigenvalue weighted by Gasteiger charge is 2.30. The summed E-state index contributed by atoms with van der Waals surface area (Å²) in [6, 6.07) is 7.09. The van der Waals surface area contributed by atoms with Gasteiger partial charge in [-0.05, 0) is 39.7 Å². The molecule has 0 saturated heterocycles. The maximum atomic E-state index is 12.7. The fourth-order valence-electron chi connectivity index (χ4n) is 2.18. The molecule has 0 unspecified atom stereocenters. The summed E-state index contributed by atoms with van der Waals surface area (Å²) >= 11 is 5.52. The van der Waals surface area contributed by atoms with E-state index < -0.39 is 11.7 Å². The summed E-state index contributed by atoms with van der Waals surface area (Å²) in [6.45, 7) is 0. The lowest BCUT2D eigenvalue weighted by Gasteiger charge is -2.07. The average Bonchev–Trinajstić information content (AvgIpc) is 2.84. The Balaban J connectivity index is 2.15. The fraction of sp³-hybridized carbons (Fsp3) is 0.0714. The number of benzene rings is 1. The summed E-state index contributed by atoms with van der Waals surface area (Å²) in [6.07, 6.45) is -0.749. The van der Waals surface area contributed by atoms with E-state index in [0.717, 1.165) is 38.8 Å². The third-order valence-electron chi connectivity index (χ3n) is 3.18. The van der Waals surface area contributed by atoms with E-state index in [-0.39, 0.29) is 0 Å². The minimum atomic E-state index is -4.32. The van der Waals surface area contributed by atoms with Gasteiger partial charge in [-0.25, -0.2) is 4.98 Å². The lowest BCUT2D eigenvalue weighted by atomic mass is 10.0. The molecule has 0 N–H and O–H groups in total. The van der Waals surface area contributed by atoms with Crippen molar-refractivity contribution in [1.29, 1.82) is 0 Å². The highest BCUT2D eigenvalue weighted by molar-refractivity contribution is 14.2. The molecule has 3 rings (SSSR count). The Bertz CT molecular complexity index is 830. The van der Waals surface area contributed by atoms with Crippen molar-refractivity contribution in [2.24, 2.45) is 0 Å². The van der Waals surface area contributed by atoms with Gasteiger partial charge in [-0.1, -0.05) is 12.1 Å². The van der Waals surface area contributed by atoms with Crippen LogP contribution in [0.2, 0.25) is 0 Å². The standard InChI is InChI=1S/C14H7BrF3IN2S/c15-10-5-11-12(7-21(22-19)13(11)20-6-10)8-1-3-9(4-2-8)14(16,17)18/h1-7H. The molecular formula is C14H7BrF3IN2S. The monoisotopic (exact) mass is 498 g/mol. The molecule has 0 aliphatic carbocycles. The Kier molecular flexibility index (Phi) is 4.43. The first-order valence-electron chi connectivity index (χ1n) is 6.03. The van der Waals surface area contributed by atoms with Crippen LogP contribution in [0.5, 0.6) is 0 Å². The summed E-state index contributed by atoms with van der Waals surface area (Å²) in [7, 11) is 1.46. The second-order valence-corrected chi connectivity index (χ2v) is 7.17. The van der Waals surface area contributed by atoms with Crippen LogP contribution in [0.3, 0.4) is 0 Å². The maximum Gasteiger partial charge on any atom is 0.416 e. The van der Waals surface area contributed by atoms with Crippen molar-refractivity contribution < 1.29 is 13.2 Å². The van der Waals surface area contributed by atoms with Gasteiger partial charge < -0.3 is 0 Å². The molecule has 0 aliphatic heterocycles. The second kappa shape index (κ2) is 6.04. The van der Waals surface area contributed by atoms with Crippen molar-refractivity contribution in [3.05, 3.63) is 52.8 Å². The van der Waals surface area contributed by atoms with Gasteiger partial charge in [-0.3, -0.25) is 3.97 Å². The molecule has 0 fully saturated rings. The predicted octanol–water partition coefficient (Wildman–Crippen LogP) is 6.33. The molecule has 2 nitrogen and oxygen atoms in total. The molecule has 2 heterocycles. The minimum absolute atomic E-state index is 0.650. The zero-order valence-electron chi connectivity index (χ0n) is 10.7. The van der Waals surface area contributed by atoms with Gasteiger partial charge in [0.15, 0.2) is 5.65 Å². The van der Waals surface area contributed by atoms with Gasteiger partial charge in [0.05, 0.1) is 5.56 Å². The molecule has 2 aromatic heterocycles. The Hall–Kier alpha value is -0.740. The number of pyridine rings is 1. The van der Waals surface area contributed by atoms with E-state index in [1.54, 1.807) is 6.20 Å². The van der Waals surface area contributed by atoms with E-state index in [0.29, 0.717) is 0 Å². The molecule has 0 aliphatic rings. The van der Waals surface area contributed by atoms with Gasteiger partial charge in [0, 0.05) is 58.1 Å². The predicted molar refractivity (Wildman–Crippen MR) is 94.9 cm³/mol. The van der Waals surface area contributed by atoms with Gasteiger partial charge in [0.1, 0.15) is 0 Å². The number of hydrogen-bond acceptors (Lipinski definition) is 2. The van der Waals surface area contributed by atoms with Crippen LogP contribution < -0.4 is 0 Å². The number of alkyl halides is 3. The SMILES string of the molecule is FC(F)(F)c1ccc(-c2cn(SI)c3ncc(Br)cc23)cc1. The molecule has 0 atom stereocenters. The number of rotatable bonds is 2. The maximum absolute atomic E-state index is 12.7. The van der Waals surface area contributed by atoms with Gasteiger partial charge >= 0.3 is 6.18 Å². The van der Waals surface area contributed by atoms with Crippen LogP contribution in [-0.4, -0.2) is 8.96 Å². The molecule has 0 amide bonds. The zero-order chi connectivity index (χ0) is 15.9. The van der Waals surface area contributed by atoms with Crippen molar-refractivity contribution in [3.8, 4) is 11.1 Å². The topological polar surface area (TPSA) is 17.8 Å². The van der Waals surface area contributed by atoms with Crippen LogP contribution >= 0.6 is 46.3 Å². The lowest BCUT2D eigenvalue weighted by Crippen LogP contribution is -2.03. The first-order valence-corrected chi connectivity index (χ1v) is 10.1. The third-order valence-corrected chi connectivity index (χ3v) is 5.31. The molecule has 0 saturated carbocycles. The Morgan fingerprint density at radius 1 is 1.18 bits per heavy atom. The van der Waals surface area contributed by atoms with Gasteiger partial charge in [-0.2, -0.15) is 13.2 Å². The van der Waals surface area contributed by atoms with Crippen LogP contribution in [0.25, 0.3) is 22.2 Å². The minimum Gasteiger partial charge on any atom is -0.265 e. The summed E-state index contributed by atoms with van der Waals surface area (Å²) in [5.41, 5.74) is 1.70. The third kappa shape index (κ3) is 3.00. The first kappa shape index (κ1) is 16.1. The second-order valence-electron chi connectivity index (χ2n) is 4.54. The van der Waals surface area contributed by atoms with Crippen LogP contribution in [0.4, 0.5) is 13.2 Å². The molecular weight excluding hydrogens is 492 g/mol. The van der Waals surface area contributed by atoms with E-state index in [1.807, 2.05) is 16.2 Å². The average molecular weight is 499 g/mol. The number of nitrogens with zero attached hydrogens (tertiary/aromatic N) is 2. The number of halogens is 5. The van der Waals surface area contributed by atoms with Gasteiger partial charge in [-0.15, -0.1) is 0 Å². The first-order chi connectivity index (χ1) is 10.4.